The number of benzene rings is 1. The molecule has 3 nitrogen and oxygen atoms in total. The van der Waals surface area contributed by atoms with Crippen LogP contribution in [0.4, 0.5) is 5.69 Å². The molecule has 1 saturated heterocycles. The van der Waals surface area contributed by atoms with E-state index in [1.807, 2.05) is 6.07 Å². The van der Waals surface area contributed by atoms with Gasteiger partial charge in [0.05, 0.1) is 6.42 Å². The summed E-state index contributed by atoms with van der Waals surface area (Å²) in [7, 11) is 0. The van der Waals surface area contributed by atoms with Gasteiger partial charge in [0.1, 0.15) is 0 Å². The van der Waals surface area contributed by atoms with Crippen molar-refractivity contribution in [2.75, 3.05) is 18.5 Å². The third-order valence-corrected chi connectivity index (χ3v) is 5.03. The van der Waals surface area contributed by atoms with Gasteiger partial charge in [-0.15, -0.1) is 0 Å². The van der Waals surface area contributed by atoms with Gasteiger partial charge < -0.3 is 10.1 Å². The summed E-state index contributed by atoms with van der Waals surface area (Å²) < 4.78 is 5.40. The predicted octanol–water partition coefficient (Wildman–Crippen LogP) is 3.04. The van der Waals surface area contributed by atoms with Gasteiger partial charge in [0, 0.05) is 23.7 Å². The van der Waals surface area contributed by atoms with Gasteiger partial charge in [-0.05, 0) is 36.0 Å². The van der Waals surface area contributed by atoms with E-state index in [2.05, 4.69) is 33.4 Å². The van der Waals surface area contributed by atoms with E-state index in [9.17, 15) is 4.79 Å². The first-order valence-corrected chi connectivity index (χ1v) is 7.30. The van der Waals surface area contributed by atoms with Crippen molar-refractivity contribution in [2.24, 2.45) is 5.92 Å². The van der Waals surface area contributed by atoms with Crippen LogP contribution in [0.25, 0.3) is 0 Å². The maximum Gasteiger partial charge on any atom is 0.228 e. The lowest BCUT2D eigenvalue weighted by molar-refractivity contribution is -0.115. The van der Waals surface area contributed by atoms with Gasteiger partial charge in [-0.25, -0.2) is 0 Å². The summed E-state index contributed by atoms with van der Waals surface area (Å²) in [6, 6.07) is 6.28. The monoisotopic (exact) mass is 309 g/mol. The van der Waals surface area contributed by atoms with Crippen LogP contribution in [0.3, 0.4) is 0 Å². The summed E-state index contributed by atoms with van der Waals surface area (Å²) in [5.74, 6) is 0.723. The standard InChI is InChI=1S/C14H16BrNO2/c15-14(9-3-5-18-6-4-9)10-1-2-12-11(7-10)8-13(17)16-12/h1-2,7,9,14H,3-6,8H2,(H,16,17). The highest BCUT2D eigenvalue weighted by Crippen LogP contribution is 2.38. The van der Waals surface area contributed by atoms with E-state index < -0.39 is 0 Å². The van der Waals surface area contributed by atoms with Gasteiger partial charge in [-0.3, -0.25) is 4.79 Å². The minimum Gasteiger partial charge on any atom is -0.381 e. The maximum atomic E-state index is 11.3. The van der Waals surface area contributed by atoms with Crippen molar-refractivity contribution in [3.63, 3.8) is 0 Å². The molecule has 3 rings (SSSR count). The topological polar surface area (TPSA) is 38.3 Å². The molecule has 0 saturated carbocycles. The van der Waals surface area contributed by atoms with Crippen LogP contribution in [-0.4, -0.2) is 19.1 Å². The van der Waals surface area contributed by atoms with E-state index in [4.69, 9.17) is 4.74 Å². The summed E-state index contributed by atoms with van der Waals surface area (Å²) in [5, 5.41) is 2.87. The molecule has 0 aliphatic carbocycles. The number of hydrogen-bond acceptors (Lipinski definition) is 2. The third-order valence-electron chi connectivity index (χ3n) is 3.75. The highest BCUT2D eigenvalue weighted by atomic mass is 79.9. The van der Waals surface area contributed by atoms with Crippen LogP contribution < -0.4 is 5.32 Å². The number of hydrogen-bond donors (Lipinski definition) is 1. The molecule has 1 aromatic carbocycles. The normalized spacial score (nSPS) is 21.5. The number of anilines is 1. The van der Waals surface area contributed by atoms with Gasteiger partial charge in [-0.2, -0.15) is 0 Å². The zero-order chi connectivity index (χ0) is 12.5. The van der Waals surface area contributed by atoms with Gasteiger partial charge in [0.2, 0.25) is 5.91 Å². The van der Waals surface area contributed by atoms with Crippen molar-refractivity contribution in [1.29, 1.82) is 0 Å². The molecule has 1 fully saturated rings. The van der Waals surface area contributed by atoms with Crippen molar-refractivity contribution in [2.45, 2.75) is 24.1 Å². The molecule has 0 aromatic heterocycles. The van der Waals surface area contributed by atoms with Crippen molar-refractivity contribution in [1.82, 2.24) is 0 Å². The van der Waals surface area contributed by atoms with E-state index in [1.165, 1.54) is 5.56 Å². The van der Waals surface area contributed by atoms with E-state index in [1.54, 1.807) is 0 Å². The van der Waals surface area contributed by atoms with Gasteiger partial charge >= 0.3 is 0 Å². The SMILES string of the molecule is O=C1Cc2cc(C(Br)C3CCOCC3)ccc2N1. The Hall–Kier alpha value is -0.870. The van der Waals surface area contributed by atoms with E-state index >= 15 is 0 Å². The molecule has 0 spiro atoms. The van der Waals surface area contributed by atoms with Crippen molar-refractivity contribution in [3.8, 4) is 0 Å². The van der Waals surface area contributed by atoms with Crippen LogP contribution in [-0.2, 0) is 16.0 Å². The number of rotatable bonds is 2. The Labute approximate surface area is 115 Å². The van der Waals surface area contributed by atoms with E-state index in [-0.39, 0.29) is 5.91 Å². The highest BCUT2D eigenvalue weighted by molar-refractivity contribution is 9.09. The van der Waals surface area contributed by atoms with E-state index in [0.29, 0.717) is 17.2 Å². The first-order valence-electron chi connectivity index (χ1n) is 6.38. The lowest BCUT2D eigenvalue weighted by Crippen LogP contribution is -2.19. The molecule has 1 amide bonds. The molecule has 2 aliphatic heterocycles. The Bertz CT molecular complexity index is 469. The van der Waals surface area contributed by atoms with Crippen LogP contribution in [0.1, 0.15) is 28.8 Å². The number of amides is 1. The molecular formula is C14H16BrNO2. The average molecular weight is 310 g/mol. The molecule has 18 heavy (non-hydrogen) atoms. The molecule has 2 heterocycles. The van der Waals surface area contributed by atoms with Crippen molar-refractivity contribution >= 4 is 27.5 Å². The van der Waals surface area contributed by atoms with Crippen LogP contribution in [0.15, 0.2) is 18.2 Å². The average Bonchev–Trinajstić information content (AvgIpc) is 2.78. The molecular weight excluding hydrogens is 294 g/mol. The summed E-state index contributed by atoms with van der Waals surface area (Å²) in [6.07, 6.45) is 2.71. The molecule has 96 valence electrons. The molecule has 1 aromatic rings. The first kappa shape index (κ1) is 12.2. The number of carbonyl (C=O) groups excluding carboxylic acids is 1. The Morgan fingerprint density at radius 3 is 2.89 bits per heavy atom. The summed E-state index contributed by atoms with van der Waals surface area (Å²) in [6.45, 7) is 1.72. The Morgan fingerprint density at radius 2 is 2.11 bits per heavy atom. The second-order valence-electron chi connectivity index (χ2n) is 4.99. The second kappa shape index (κ2) is 5.02. The number of alkyl halides is 1. The minimum atomic E-state index is 0.0966. The van der Waals surface area contributed by atoms with Crippen LogP contribution in [0.2, 0.25) is 0 Å². The van der Waals surface area contributed by atoms with E-state index in [0.717, 1.165) is 37.3 Å². The quantitative estimate of drug-likeness (QED) is 0.853. The number of carbonyl (C=O) groups is 1. The molecule has 1 N–H and O–H groups in total. The molecule has 1 atom stereocenters. The zero-order valence-electron chi connectivity index (χ0n) is 10.1. The first-order chi connectivity index (χ1) is 8.74. The molecule has 4 heteroatoms. The van der Waals surface area contributed by atoms with Gasteiger partial charge in [-0.1, -0.05) is 28.1 Å². The fourth-order valence-electron chi connectivity index (χ4n) is 2.70. The maximum absolute atomic E-state index is 11.3. The highest BCUT2D eigenvalue weighted by Gasteiger charge is 2.25. The molecule has 2 aliphatic rings. The minimum absolute atomic E-state index is 0.0966. The third kappa shape index (κ3) is 2.31. The number of nitrogens with one attached hydrogen (secondary N) is 1. The number of fused-ring (bicyclic) bond motifs is 1. The lowest BCUT2D eigenvalue weighted by Gasteiger charge is -2.27. The zero-order valence-corrected chi connectivity index (χ0v) is 11.7. The summed E-state index contributed by atoms with van der Waals surface area (Å²) in [4.78, 5) is 11.7. The number of ether oxygens (including phenoxy) is 1. The van der Waals surface area contributed by atoms with Gasteiger partial charge in [0.15, 0.2) is 0 Å². The Morgan fingerprint density at radius 1 is 1.33 bits per heavy atom. The smallest absolute Gasteiger partial charge is 0.228 e. The van der Waals surface area contributed by atoms with Crippen molar-refractivity contribution in [3.05, 3.63) is 29.3 Å². The Balaban J connectivity index is 1.80. The van der Waals surface area contributed by atoms with Gasteiger partial charge in [0.25, 0.3) is 0 Å². The largest absolute Gasteiger partial charge is 0.381 e. The van der Waals surface area contributed by atoms with Crippen molar-refractivity contribution < 1.29 is 9.53 Å². The molecule has 1 unspecified atom stereocenters. The van der Waals surface area contributed by atoms with Crippen LogP contribution in [0, 0.1) is 5.92 Å². The molecule has 0 bridgehead atoms. The number of halogens is 1. The summed E-state index contributed by atoms with van der Waals surface area (Å²) in [5.41, 5.74) is 3.36. The molecule has 0 radical (unpaired) electrons. The van der Waals surface area contributed by atoms with Crippen LogP contribution in [0.5, 0.6) is 0 Å². The fourth-order valence-corrected chi connectivity index (χ4v) is 3.51. The summed E-state index contributed by atoms with van der Waals surface area (Å²) >= 11 is 3.81. The fraction of sp³-hybridized carbons (Fsp3) is 0.500. The Kier molecular flexibility index (Phi) is 3.39. The lowest BCUT2D eigenvalue weighted by atomic mass is 9.91. The predicted molar refractivity (Wildman–Crippen MR) is 74.0 cm³/mol. The second-order valence-corrected chi connectivity index (χ2v) is 5.98. The van der Waals surface area contributed by atoms with Crippen LogP contribution >= 0.6 is 15.9 Å².